The van der Waals surface area contributed by atoms with E-state index in [1.165, 1.54) is 31.2 Å². The Morgan fingerprint density at radius 3 is 2.56 bits per heavy atom. The Labute approximate surface area is 161 Å². The molecule has 0 bridgehead atoms. The molecule has 2 aromatic rings. The molecule has 6 heteroatoms. The molecule has 2 heterocycles. The van der Waals surface area contributed by atoms with E-state index in [2.05, 4.69) is 20.3 Å². The third-order valence-electron chi connectivity index (χ3n) is 5.10. The first kappa shape index (κ1) is 19.3. The van der Waals surface area contributed by atoms with Crippen molar-refractivity contribution in [3.8, 4) is 0 Å². The molecule has 3 rings (SSSR count). The van der Waals surface area contributed by atoms with E-state index in [-0.39, 0.29) is 5.91 Å². The van der Waals surface area contributed by atoms with Gasteiger partial charge in [0.1, 0.15) is 17.3 Å². The van der Waals surface area contributed by atoms with Crippen molar-refractivity contribution in [1.29, 1.82) is 0 Å². The Kier molecular flexibility index (Phi) is 6.74. The zero-order chi connectivity index (χ0) is 19.1. The van der Waals surface area contributed by atoms with Crippen LogP contribution in [0.5, 0.6) is 0 Å². The molecule has 0 saturated heterocycles. The molecule has 2 aromatic heterocycles. The van der Waals surface area contributed by atoms with Gasteiger partial charge in [-0.25, -0.2) is 9.97 Å². The summed E-state index contributed by atoms with van der Waals surface area (Å²) in [6.07, 6.45) is 11.8. The number of pyridine rings is 1. The number of aromatic nitrogens is 3. The minimum atomic E-state index is -0.0709. The van der Waals surface area contributed by atoms with E-state index in [0.717, 1.165) is 25.1 Å². The Morgan fingerprint density at radius 2 is 1.85 bits per heavy atom. The molecule has 0 unspecified atom stereocenters. The molecule has 144 valence electrons. The molecule has 1 N–H and O–H groups in total. The van der Waals surface area contributed by atoms with Crippen LogP contribution in [0.2, 0.25) is 0 Å². The summed E-state index contributed by atoms with van der Waals surface area (Å²) >= 11 is 0. The highest BCUT2D eigenvalue weighted by Gasteiger charge is 2.17. The lowest BCUT2D eigenvalue weighted by Crippen LogP contribution is -2.30. The van der Waals surface area contributed by atoms with Crippen LogP contribution in [-0.2, 0) is 6.42 Å². The lowest BCUT2D eigenvalue weighted by atomic mass is 10.1. The molecule has 6 nitrogen and oxygen atoms in total. The van der Waals surface area contributed by atoms with Crippen molar-refractivity contribution in [3.63, 3.8) is 0 Å². The number of likely N-dealkylation sites (N-methyl/N-ethyl adjacent to an activating group) is 1. The summed E-state index contributed by atoms with van der Waals surface area (Å²) in [5.74, 6) is 1.32. The van der Waals surface area contributed by atoms with Crippen LogP contribution in [0.1, 0.15) is 60.4 Å². The average Bonchev–Trinajstić information content (AvgIpc) is 2.94. The predicted molar refractivity (Wildman–Crippen MR) is 107 cm³/mol. The van der Waals surface area contributed by atoms with Gasteiger partial charge in [0, 0.05) is 38.1 Å². The maximum absolute atomic E-state index is 12.8. The van der Waals surface area contributed by atoms with Gasteiger partial charge < -0.3 is 10.2 Å². The zero-order valence-corrected chi connectivity index (χ0v) is 16.3. The van der Waals surface area contributed by atoms with Crippen LogP contribution in [0.25, 0.3) is 0 Å². The van der Waals surface area contributed by atoms with Crippen molar-refractivity contribution in [2.45, 2.75) is 57.9 Å². The molecular formula is C21H29N5O. The largest absolute Gasteiger partial charge is 0.367 e. The van der Waals surface area contributed by atoms with E-state index in [9.17, 15) is 4.79 Å². The maximum Gasteiger partial charge on any atom is 0.272 e. The monoisotopic (exact) mass is 367 g/mol. The summed E-state index contributed by atoms with van der Waals surface area (Å²) in [5.41, 5.74) is 1.62. The van der Waals surface area contributed by atoms with Crippen molar-refractivity contribution in [2.24, 2.45) is 0 Å². The van der Waals surface area contributed by atoms with E-state index < -0.39 is 0 Å². The van der Waals surface area contributed by atoms with Gasteiger partial charge in [0.2, 0.25) is 0 Å². The molecule has 1 aliphatic carbocycles. The zero-order valence-electron chi connectivity index (χ0n) is 16.3. The summed E-state index contributed by atoms with van der Waals surface area (Å²) in [6.45, 7) is 2.48. The standard InChI is InChI=1S/C21H29N5O/c1-16-23-19(15-20(24-16)25-18-7-5-3-4-6-8-18)21(27)26(2)14-11-17-9-12-22-13-10-17/h9-10,12-13,15,18H,3-8,11,14H2,1-2H3,(H,23,24,25). The van der Waals surface area contributed by atoms with Crippen molar-refractivity contribution in [1.82, 2.24) is 19.9 Å². The lowest BCUT2D eigenvalue weighted by molar-refractivity contribution is 0.0790. The molecule has 0 aromatic carbocycles. The van der Waals surface area contributed by atoms with Crippen molar-refractivity contribution < 1.29 is 4.79 Å². The summed E-state index contributed by atoms with van der Waals surface area (Å²) in [5, 5.41) is 3.52. The van der Waals surface area contributed by atoms with Crippen LogP contribution in [0.3, 0.4) is 0 Å². The van der Waals surface area contributed by atoms with Crippen molar-refractivity contribution in [3.05, 3.63) is 47.7 Å². The second-order valence-corrected chi connectivity index (χ2v) is 7.35. The van der Waals surface area contributed by atoms with E-state index in [4.69, 9.17) is 0 Å². The lowest BCUT2D eigenvalue weighted by Gasteiger charge is -2.19. The number of anilines is 1. The van der Waals surface area contributed by atoms with Crippen LogP contribution in [-0.4, -0.2) is 45.4 Å². The fourth-order valence-corrected chi connectivity index (χ4v) is 3.53. The van der Waals surface area contributed by atoms with E-state index >= 15 is 0 Å². The first-order valence-corrected chi connectivity index (χ1v) is 9.88. The quantitative estimate of drug-likeness (QED) is 0.790. The van der Waals surface area contributed by atoms with Gasteiger partial charge >= 0.3 is 0 Å². The molecule has 1 amide bonds. The minimum Gasteiger partial charge on any atom is -0.367 e. The molecule has 1 aliphatic rings. The smallest absolute Gasteiger partial charge is 0.272 e. The minimum absolute atomic E-state index is 0.0709. The Hall–Kier alpha value is -2.50. The Balaban J connectivity index is 1.64. The number of rotatable bonds is 6. The summed E-state index contributed by atoms with van der Waals surface area (Å²) < 4.78 is 0. The van der Waals surface area contributed by atoms with Crippen molar-refractivity contribution in [2.75, 3.05) is 18.9 Å². The summed E-state index contributed by atoms with van der Waals surface area (Å²) in [4.78, 5) is 27.4. The Morgan fingerprint density at radius 1 is 1.15 bits per heavy atom. The molecule has 0 radical (unpaired) electrons. The molecule has 1 saturated carbocycles. The highest BCUT2D eigenvalue weighted by molar-refractivity contribution is 5.92. The van der Waals surface area contributed by atoms with Gasteiger partial charge in [-0.05, 0) is 43.9 Å². The topological polar surface area (TPSA) is 71.0 Å². The Bertz CT molecular complexity index is 741. The summed E-state index contributed by atoms with van der Waals surface area (Å²) in [6, 6.07) is 6.18. The molecule has 1 fully saturated rings. The van der Waals surface area contributed by atoms with Gasteiger partial charge in [-0.3, -0.25) is 9.78 Å². The van der Waals surface area contributed by atoms with Gasteiger partial charge in [-0.2, -0.15) is 0 Å². The van der Waals surface area contributed by atoms with Crippen LogP contribution >= 0.6 is 0 Å². The average molecular weight is 367 g/mol. The second-order valence-electron chi connectivity index (χ2n) is 7.35. The molecule has 27 heavy (non-hydrogen) atoms. The van der Waals surface area contributed by atoms with Gasteiger partial charge in [0.05, 0.1) is 0 Å². The van der Waals surface area contributed by atoms with Crippen LogP contribution in [0, 0.1) is 6.92 Å². The number of nitrogens with zero attached hydrogens (tertiary/aromatic N) is 4. The molecule has 0 spiro atoms. The number of carbonyl (C=O) groups excluding carboxylic acids is 1. The molecule has 0 aliphatic heterocycles. The van der Waals surface area contributed by atoms with Gasteiger partial charge in [-0.1, -0.05) is 25.7 Å². The highest BCUT2D eigenvalue weighted by Crippen LogP contribution is 2.21. The fourth-order valence-electron chi connectivity index (χ4n) is 3.53. The van der Waals surface area contributed by atoms with E-state index in [0.29, 0.717) is 24.1 Å². The van der Waals surface area contributed by atoms with Gasteiger partial charge in [-0.15, -0.1) is 0 Å². The van der Waals surface area contributed by atoms with E-state index in [1.807, 2.05) is 26.1 Å². The normalized spacial score (nSPS) is 15.2. The third-order valence-corrected chi connectivity index (χ3v) is 5.10. The van der Waals surface area contributed by atoms with Gasteiger partial charge in [0.15, 0.2) is 0 Å². The summed E-state index contributed by atoms with van der Waals surface area (Å²) in [7, 11) is 1.82. The second kappa shape index (κ2) is 9.44. The van der Waals surface area contributed by atoms with Gasteiger partial charge in [0.25, 0.3) is 5.91 Å². The fraction of sp³-hybridized carbons (Fsp3) is 0.524. The first-order chi connectivity index (χ1) is 13.1. The molecule has 0 atom stereocenters. The number of amides is 1. The number of carbonyl (C=O) groups is 1. The molecular weight excluding hydrogens is 338 g/mol. The van der Waals surface area contributed by atoms with Crippen LogP contribution < -0.4 is 5.32 Å². The number of hydrogen-bond donors (Lipinski definition) is 1. The number of hydrogen-bond acceptors (Lipinski definition) is 5. The van der Waals surface area contributed by atoms with Crippen LogP contribution in [0.4, 0.5) is 5.82 Å². The maximum atomic E-state index is 12.8. The third kappa shape index (κ3) is 5.74. The first-order valence-electron chi connectivity index (χ1n) is 9.88. The highest BCUT2D eigenvalue weighted by atomic mass is 16.2. The predicted octanol–water partition coefficient (Wildman–Crippen LogP) is 3.63. The SMILES string of the molecule is Cc1nc(NC2CCCCCC2)cc(C(=O)N(C)CCc2ccncc2)n1. The van der Waals surface area contributed by atoms with Crippen LogP contribution in [0.15, 0.2) is 30.6 Å². The van der Waals surface area contributed by atoms with E-state index in [1.54, 1.807) is 23.4 Å². The number of nitrogens with one attached hydrogen (secondary N) is 1. The number of aryl methyl sites for hydroxylation is 1. The van der Waals surface area contributed by atoms with Crippen molar-refractivity contribution >= 4 is 11.7 Å².